The van der Waals surface area contributed by atoms with Gasteiger partial charge in [-0.25, -0.2) is 0 Å². The van der Waals surface area contributed by atoms with Gasteiger partial charge in [0.2, 0.25) is 0 Å². The Kier molecular flexibility index (Phi) is 7.27. The normalized spacial score (nSPS) is 15.3. The highest BCUT2D eigenvalue weighted by atomic mass is 14.9. The van der Waals surface area contributed by atoms with E-state index in [1.54, 1.807) is 0 Å². The van der Waals surface area contributed by atoms with E-state index in [1.165, 1.54) is 59.8 Å². The van der Waals surface area contributed by atoms with Gasteiger partial charge in [-0.1, -0.05) is 152 Å². The maximum Gasteiger partial charge on any atom is 0.0778 e. The topological polar surface area (TPSA) is 24.1 Å². The number of rotatable bonds is 5. The van der Waals surface area contributed by atoms with E-state index in [4.69, 9.17) is 0 Å². The van der Waals surface area contributed by atoms with E-state index in [1.807, 2.05) is 0 Å². The molecule has 7 aromatic rings. The van der Waals surface area contributed by atoms with E-state index in [0.717, 1.165) is 28.9 Å². The largest absolute Gasteiger partial charge is 0.386 e. The van der Waals surface area contributed by atoms with Crippen LogP contribution in [-0.4, -0.2) is 6.54 Å². The molecule has 2 nitrogen and oxygen atoms in total. The van der Waals surface area contributed by atoms with Crippen LogP contribution in [0, 0.1) is 0 Å². The summed E-state index contributed by atoms with van der Waals surface area (Å²) in [5, 5.41) is 14.9. The van der Waals surface area contributed by atoms with Gasteiger partial charge < -0.3 is 10.6 Å². The minimum Gasteiger partial charge on any atom is -0.386 e. The van der Waals surface area contributed by atoms with Gasteiger partial charge in [0.1, 0.15) is 0 Å². The third kappa shape index (κ3) is 5.45. The van der Waals surface area contributed by atoms with Crippen LogP contribution >= 0.6 is 0 Å². The molecule has 0 aliphatic carbocycles. The zero-order chi connectivity index (χ0) is 32.6. The fourth-order valence-corrected chi connectivity index (χ4v) is 7.29. The van der Waals surface area contributed by atoms with Gasteiger partial charge in [-0.2, -0.15) is 0 Å². The quantitative estimate of drug-likeness (QED) is 0.147. The van der Waals surface area contributed by atoms with E-state index in [2.05, 4.69) is 192 Å². The predicted octanol–water partition coefficient (Wildman–Crippen LogP) is 9.12. The van der Waals surface area contributed by atoms with Crippen LogP contribution in [0.15, 0.2) is 176 Å². The molecule has 2 aliphatic rings. The molecular weight excluding hydrogens is 593 g/mol. The highest BCUT2D eigenvalue weighted by molar-refractivity contribution is 6.09. The fourth-order valence-electron chi connectivity index (χ4n) is 7.29. The van der Waals surface area contributed by atoms with E-state index in [9.17, 15) is 0 Å². The second-order valence-electron chi connectivity index (χ2n) is 12.7. The molecule has 0 amide bonds. The molecule has 7 aromatic carbocycles. The van der Waals surface area contributed by atoms with E-state index < -0.39 is 0 Å². The third-order valence-corrected chi connectivity index (χ3v) is 9.81. The van der Waals surface area contributed by atoms with Gasteiger partial charge in [0.25, 0.3) is 0 Å². The van der Waals surface area contributed by atoms with Crippen molar-refractivity contribution in [2.45, 2.75) is 6.04 Å². The molecular formula is C47H34N2. The minimum absolute atomic E-state index is 0.0660. The molecule has 0 saturated heterocycles. The van der Waals surface area contributed by atoms with Crippen molar-refractivity contribution in [3.8, 4) is 11.1 Å². The number of nitrogens with one attached hydrogen (secondary N) is 2. The summed E-state index contributed by atoms with van der Waals surface area (Å²) in [5.41, 5.74) is 14.3. The Morgan fingerprint density at radius 3 is 1.96 bits per heavy atom. The van der Waals surface area contributed by atoms with Crippen molar-refractivity contribution in [3.63, 3.8) is 0 Å². The monoisotopic (exact) mass is 626 g/mol. The maximum atomic E-state index is 3.93. The van der Waals surface area contributed by atoms with Crippen molar-refractivity contribution in [2.24, 2.45) is 0 Å². The number of hydrogen-bond donors (Lipinski definition) is 2. The summed E-state index contributed by atoms with van der Waals surface area (Å²) in [7, 11) is 0. The highest BCUT2D eigenvalue weighted by Crippen LogP contribution is 2.35. The van der Waals surface area contributed by atoms with Gasteiger partial charge in [-0.15, -0.1) is 5.73 Å². The fraction of sp³-hybridized carbons (Fsp3) is 0.0426. The first-order valence-corrected chi connectivity index (χ1v) is 16.9. The molecule has 0 radical (unpaired) electrons. The van der Waals surface area contributed by atoms with Crippen molar-refractivity contribution >= 4 is 44.6 Å². The molecule has 1 atom stereocenters. The Hall–Kier alpha value is -6.34. The second-order valence-corrected chi connectivity index (χ2v) is 12.7. The lowest BCUT2D eigenvalue weighted by Gasteiger charge is -2.21. The molecule has 0 fully saturated rings. The standard InChI is InChI=1S/C47H34N2/c1-2-10-32(11-3-1)37-26-27-46(44-28-38-12-4-6-14-40(38)42-16-8-9-17-43(42)44)49-47(29-37)36-24-20-34(21-25-36)33-18-22-35(23-19-33)45-31-48-30-39-13-5-7-15-41(39)45/h1-25,27-30,46,48-49H,31H2. The Morgan fingerprint density at radius 1 is 0.531 bits per heavy atom. The van der Waals surface area contributed by atoms with Crippen LogP contribution in [0.2, 0.25) is 0 Å². The van der Waals surface area contributed by atoms with E-state index in [-0.39, 0.29) is 6.04 Å². The van der Waals surface area contributed by atoms with Gasteiger partial charge >= 0.3 is 0 Å². The average Bonchev–Trinajstić information content (AvgIpc) is 3.41. The lowest BCUT2D eigenvalue weighted by atomic mass is 9.93. The predicted molar refractivity (Wildman–Crippen MR) is 206 cm³/mol. The SMILES string of the molecule is C1=CC(c2cc3ccccc3c3ccccc23)NC(c2ccc(-c3ccc(C4=c5ccccc5=CNC4)cc3)cc2)=CC=1c1ccccc1. The maximum absolute atomic E-state index is 3.93. The van der Waals surface area contributed by atoms with Gasteiger partial charge in [-0.05, 0) is 89.2 Å². The minimum atomic E-state index is -0.0660. The van der Waals surface area contributed by atoms with Gasteiger partial charge in [-0.3, -0.25) is 0 Å². The van der Waals surface area contributed by atoms with Crippen LogP contribution in [0.5, 0.6) is 0 Å². The number of benzene rings is 7. The Labute approximate surface area is 286 Å². The van der Waals surface area contributed by atoms with Crippen molar-refractivity contribution in [1.29, 1.82) is 0 Å². The average molecular weight is 627 g/mol. The van der Waals surface area contributed by atoms with Crippen LogP contribution in [-0.2, 0) is 0 Å². The summed E-state index contributed by atoms with van der Waals surface area (Å²) in [6.07, 6.45) is 6.53. The first-order valence-electron chi connectivity index (χ1n) is 16.9. The van der Waals surface area contributed by atoms with Gasteiger partial charge in [0, 0.05) is 24.0 Å². The Morgan fingerprint density at radius 2 is 1.16 bits per heavy atom. The smallest absolute Gasteiger partial charge is 0.0778 e. The van der Waals surface area contributed by atoms with Crippen molar-refractivity contribution in [2.75, 3.05) is 6.54 Å². The number of hydrogen-bond acceptors (Lipinski definition) is 2. The molecule has 2 heterocycles. The summed E-state index contributed by atoms with van der Waals surface area (Å²) in [6.45, 7) is 0.831. The lowest BCUT2D eigenvalue weighted by Crippen LogP contribution is -2.36. The van der Waals surface area contributed by atoms with Crippen molar-refractivity contribution in [1.82, 2.24) is 10.6 Å². The molecule has 232 valence electrons. The molecule has 0 aromatic heterocycles. The van der Waals surface area contributed by atoms with Gasteiger partial charge in [0.15, 0.2) is 0 Å². The van der Waals surface area contributed by atoms with E-state index in [0.29, 0.717) is 0 Å². The highest BCUT2D eigenvalue weighted by Gasteiger charge is 2.19. The molecule has 9 rings (SSSR count). The second kappa shape index (κ2) is 12.4. The molecule has 0 saturated carbocycles. The Balaban J connectivity index is 1.09. The third-order valence-electron chi connectivity index (χ3n) is 9.81. The first-order chi connectivity index (χ1) is 24.3. The summed E-state index contributed by atoms with van der Waals surface area (Å²) >= 11 is 0. The molecule has 0 spiro atoms. The van der Waals surface area contributed by atoms with E-state index >= 15 is 0 Å². The van der Waals surface area contributed by atoms with Crippen LogP contribution in [0.25, 0.3) is 55.7 Å². The summed E-state index contributed by atoms with van der Waals surface area (Å²) in [6, 6.07) is 56.7. The molecule has 1 unspecified atom stereocenters. The number of fused-ring (bicyclic) bond motifs is 4. The number of allylic oxidation sites excluding steroid dienone is 1. The van der Waals surface area contributed by atoms with Crippen molar-refractivity contribution in [3.05, 3.63) is 208 Å². The molecule has 2 aliphatic heterocycles. The summed E-state index contributed by atoms with van der Waals surface area (Å²) < 4.78 is 0. The molecule has 0 bridgehead atoms. The zero-order valence-corrected chi connectivity index (χ0v) is 27.0. The summed E-state index contributed by atoms with van der Waals surface area (Å²) in [5.74, 6) is 0. The van der Waals surface area contributed by atoms with Crippen molar-refractivity contribution < 1.29 is 0 Å². The van der Waals surface area contributed by atoms with Gasteiger partial charge in [0.05, 0.1) is 6.04 Å². The summed E-state index contributed by atoms with van der Waals surface area (Å²) in [4.78, 5) is 0. The first kappa shape index (κ1) is 28.8. The molecule has 49 heavy (non-hydrogen) atoms. The van der Waals surface area contributed by atoms with Crippen LogP contribution < -0.4 is 21.1 Å². The van der Waals surface area contributed by atoms with Crippen LogP contribution in [0.1, 0.15) is 28.3 Å². The van der Waals surface area contributed by atoms with Crippen LogP contribution in [0.3, 0.4) is 0 Å². The molecule has 2 heteroatoms. The molecule has 2 N–H and O–H groups in total. The zero-order valence-electron chi connectivity index (χ0n) is 27.0. The Bertz CT molecular complexity index is 2590. The van der Waals surface area contributed by atoms with Crippen LogP contribution in [0.4, 0.5) is 0 Å². The lowest BCUT2D eigenvalue weighted by molar-refractivity contribution is 0.782.